The van der Waals surface area contributed by atoms with E-state index in [0.717, 1.165) is 37.2 Å². The van der Waals surface area contributed by atoms with Crippen LogP contribution < -0.4 is 5.32 Å². The van der Waals surface area contributed by atoms with Crippen LogP contribution in [0.1, 0.15) is 42.3 Å². The first-order chi connectivity index (χ1) is 11.1. The Morgan fingerprint density at radius 2 is 2.13 bits per heavy atom. The Morgan fingerprint density at radius 3 is 2.74 bits per heavy atom. The molecule has 2 aliphatic rings. The van der Waals surface area contributed by atoms with Crippen LogP contribution in [0.15, 0.2) is 17.5 Å². The van der Waals surface area contributed by atoms with E-state index in [0.29, 0.717) is 13.1 Å². The van der Waals surface area contributed by atoms with Gasteiger partial charge in [-0.15, -0.1) is 11.3 Å². The summed E-state index contributed by atoms with van der Waals surface area (Å²) in [5.41, 5.74) is 0. The molecule has 3 heterocycles. The second kappa shape index (κ2) is 7.45. The Labute approximate surface area is 141 Å². The molecule has 1 N–H and O–H groups in total. The lowest BCUT2D eigenvalue weighted by Crippen LogP contribution is -2.47. The summed E-state index contributed by atoms with van der Waals surface area (Å²) in [6.45, 7) is 4.13. The van der Waals surface area contributed by atoms with Gasteiger partial charge >= 0.3 is 0 Å². The van der Waals surface area contributed by atoms with E-state index in [4.69, 9.17) is 4.74 Å². The molecule has 0 saturated carbocycles. The van der Waals surface area contributed by atoms with Crippen LogP contribution in [0, 0.1) is 5.92 Å². The molecule has 2 aliphatic heterocycles. The van der Waals surface area contributed by atoms with Gasteiger partial charge in [0.1, 0.15) is 0 Å². The first-order valence-electron chi connectivity index (χ1n) is 8.40. The number of rotatable bonds is 4. The van der Waals surface area contributed by atoms with E-state index in [-0.39, 0.29) is 29.9 Å². The summed E-state index contributed by atoms with van der Waals surface area (Å²) in [6.07, 6.45) is 3.73. The van der Waals surface area contributed by atoms with Gasteiger partial charge in [0.2, 0.25) is 5.91 Å². The highest BCUT2D eigenvalue weighted by Gasteiger charge is 2.30. The minimum absolute atomic E-state index is 0.00578. The second-order valence-corrected chi connectivity index (χ2v) is 7.34. The van der Waals surface area contributed by atoms with Gasteiger partial charge in [0.15, 0.2) is 0 Å². The van der Waals surface area contributed by atoms with E-state index in [2.05, 4.69) is 5.32 Å². The largest absolute Gasteiger partial charge is 0.376 e. The van der Waals surface area contributed by atoms with Crippen LogP contribution in [0.4, 0.5) is 0 Å². The Bertz CT molecular complexity index is 532. The minimum Gasteiger partial charge on any atom is -0.376 e. The monoisotopic (exact) mass is 336 g/mol. The van der Waals surface area contributed by atoms with Gasteiger partial charge in [-0.3, -0.25) is 9.59 Å². The molecule has 6 heteroatoms. The predicted molar refractivity (Wildman–Crippen MR) is 89.5 cm³/mol. The van der Waals surface area contributed by atoms with Gasteiger partial charge in [-0.05, 0) is 44.1 Å². The molecule has 2 amide bonds. The van der Waals surface area contributed by atoms with Crippen molar-refractivity contribution in [1.82, 2.24) is 10.2 Å². The third-order valence-corrected chi connectivity index (χ3v) is 5.64. The lowest BCUT2D eigenvalue weighted by Gasteiger charge is -2.32. The molecule has 23 heavy (non-hydrogen) atoms. The predicted octanol–water partition coefficient (Wildman–Crippen LogP) is 2.28. The number of piperidine rings is 1. The van der Waals surface area contributed by atoms with E-state index in [1.54, 1.807) is 0 Å². The molecular formula is C17H24N2O3S. The highest BCUT2D eigenvalue weighted by atomic mass is 32.1. The Kier molecular flexibility index (Phi) is 5.33. The maximum Gasteiger partial charge on any atom is 0.263 e. The summed E-state index contributed by atoms with van der Waals surface area (Å²) in [5, 5.41) is 5.01. The number of likely N-dealkylation sites (tertiary alicyclic amines) is 1. The topological polar surface area (TPSA) is 58.6 Å². The molecule has 2 fully saturated rings. The molecule has 1 aromatic heterocycles. The lowest BCUT2D eigenvalue weighted by molar-refractivity contribution is -0.127. The van der Waals surface area contributed by atoms with Crippen LogP contribution in [-0.4, -0.2) is 48.6 Å². The molecule has 5 nitrogen and oxygen atoms in total. The number of thiophene rings is 1. The maximum absolute atomic E-state index is 12.4. The Hall–Kier alpha value is -1.40. The van der Waals surface area contributed by atoms with Gasteiger partial charge in [-0.25, -0.2) is 0 Å². The zero-order chi connectivity index (χ0) is 16.2. The molecule has 1 aromatic rings. The molecular weight excluding hydrogens is 312 g/mol. The minimum atomic E-state index is 0.00578. The molecule has 2 unspecified atom stereocenters. The van der Waals surface area contributed by atoms with Crippen LogP contribution in [0.3, 0.4) is 0 Å². The average molecular weight is 336 g/mol. The van der Waals surface area contributed by atoms with Gasteiger partial charge in [0.25, 0.3) is 5.91 Å². The smallest absolute Gasteiger partial charge is 0.263 e. The van der Waals surface area contributed by atoms with Gasteiger partial charge in [-0.2, -0.15) is 0 Å². The molecule has 0 bridgehead atoms. The molecule has 0 aliphatic carbocycles. The van der Waals surface area contributed by atoms with Crippen LogP contribution in [0.25, 0.3) is 0 Å². The van der Waals surface area contributed by atoms with Crippen molar-refractivity contribution in [1.29, 1.82) is 0 Å². The highest BCUT2D eigenvalue weighted by molar-refractivity contribution is 7.12. The number of hydrogen-bond donors (Lipinski definition) is 1. The van der Waals surface area contributed by atoms with Gasteiger partial charge < -0.3 is 15.0 Å². The first kappa shape index (κ1) is 16.5. The average Bonchev–Trinajstić information content (AvgIpc) is 3.27. The van der Waals surface area contributed by atoms with Crippen LogP contribution in [0.5, 0.6) is 0 Å². The van der Waals surface area contributed by atoms with Crippen molar-refractivity contribution in [3.05, 3.63) is 22.4 Å². The third-order valence-electron chi connectivity index (χ3n) is 4.78. The van der Waals surface area contributed by atoms with Crippen molar-refractivity contribution in [3.8, 4) is 0 Å². The highest BCUT2D eigenvalue weighted by Crippen LogP contribution is 2.22. The number of nitrogens with zero attached hydrogens (tertiary/aromatic N) is 1. The van der Waals surface area contributed by atoms with Crippen molar-refractivity contribution >= 4 is 23.2 Å². The summed E-state index contributed by atoms with van der Waals surface area (Å²) in [7, 11) is 0. The summed E-state index contributed by atoms with van der Waals surface area (Å²) in [6, 6.07) is 3.82. The van der Waals surface area contributed by atoms with Crippen LogP contribution >= 0.6 is 11.3 Å². The molecule has 2 saturated heterocycles. The van der Waals surface area contributed by atoms with Crippen molar-refractivity contribution in [2.24, 2.45) is 5.92 Å². The number of hydrogen-bond acceptors (Lipinski definition) is 4. The number of amides is 2. The molecule has 0 spiro atoms. The Morgan fingerprint density at radius 1 is 1.35 bits per heavy atom. The zero-order valence-corrected chi connectivity index (χ0v) is 14.3. The normalized spacial score (nSPS) is 23.7. The van der Waals surface area contributed by atoms with Gasteiger partial charge in [0, 0.05) is 25.6 Å². The zero-order valence-electron chi connectivity index (χ0n) is 13.5. The molecule has 3 rings (SSSR count). The third kappa shape index (κ3) is 3.93. The summed E-state index contributed by atoms with van der Waals surface area (Å²) in [4.78, 5) is 27.3. The fourth-order valence-electron chi connectivity index (χ4n) is 3.33. The summed E-state index contributed by atoms with van der Waals surface area (Å²) < 4.78 is 5.63. The van der Waals surface area contributed by atoms with E-state index < -0.39 is 0 Å². The maximum atomic E-state index is 12.4. The molecule has 126 valence electrons. The molecule has 0 aromatic carbocycles. The number of nitrogens with one attached hydrogen (secondary N) is 1. The van der Waals surface area contributed by atoms with E-state index in [9.17, 15) is 9.59 Å². The number of carbonyl (C=O) groups excluding carboxylic acids is 2. The van der Waals surface area contributed by atoms with E-state index in [1.165, 1.54) is 11.3 Å². The van der Waals surface area contributed by atoms with Gasteiger partial charge in [0.05, 0.1) is 17.0 Å². The van der Waals surface area contributed by atoms with E-state index in [1.807, 2.05) is 29.3 Å². The first-order valence-corrected chi connectivity index (χ1v) is 9.28. The quantitative estimate of drug-likeness (QED) is 0.918. The summed E-state index contributed by atoms with van der Waals surface area (Å²) in [5.74, 6) is 0.203. The number of ether oxygens (including phenoxy) is 1. The van der Waals surface area contributed by atoms with Crippen molar-refractivity contribution in [2.45, 2.75) is 44.8 Å². The fraction of sp³-hybridized carbons (Fsp3) is 0.647. The molecule has 0 radical (unpaired) electrons. The van der Waals surface area contributed by atoms with Crippen molar-refractivity contribution in [2.75, 3.05) is 19.7 Å². The standard InChI is InChI=1S/C17H24N2O3S/c1-12(14-4-2-10-22-14)18-16(20)13-6-8-19(9-7-13)17(21)15-5-3-11-23-15/h3,5,11-14H,2,4,6-10H2,1H3,(H,18,20). The Balaban J connectivity index is 1.46. The SMILES string of the molecule is CC(NC(=O)C1CCN(C(=O)c2cccs2)CC1)C1CCCO1. The van der Waals surface area contributed by atoms with Gasteiger partial charge in [-0.1, -0.05) is 6.07 Å². The number of carbonyl (C=O) groups is 2. The van der Waals surface area contributed by atoms with E-state index >= 15 is 0 Å². The van der Waals surface area contributed by atoms with Crippen molar-refractivity contribution < 1.29 is 14.3 Å². The van der Waals surface area contributed by atoms with Crippen LogP contribution in [-0.2, 0) is 9.53 Å². The van der Waals surface area contributed by atoms with Crippen LogP contribution in [0.2, 0.25) is 0 Å². The second-order valence-electron chi connectivity index (χ2n) is 6.39. The lowest BCUT2D eigenvalue weighted by atomic mass is 9.95. The fourth-order valence-corrected chi connectivity index (χ4v) is 4.02. The summed E-state index contributed by atoms with van der Waals surface area (Å²) >= 11 is 1.47. The van der Waals surface area contributed by atoms with Crippen molar-refractivity contribution in [3.63, 3.8) is 0 Å². The molecule has 2 atom stereocenters.